The highest BCUT2D eigenvalue weighted by Crippen LogP contribution is 2.46. The van der Waals surface area contributed by atoms with E-state index in [1.54, 1.807) is 11.3 Å². The zero-order valence-electron chi connectivity index (χ0n) is 23.4. The first-order valence-electron chi connectivity index (χ1n) is 14.7. The number of para-hydroxylation sites is 2. The predicted molar refractivity (Wildman–Crippen MR) is 184 cm³/mol. The molecule has 0 radical (unpaired) electrons. The van der Waals surface area contributed by atoms with E-state index in [0.717, 1.165) is 49.6 Å². The van der Waals surface area contributed by atoms with Crippen LogP contribution in [0.2, 0.25) is 0 Å². The lowest BCUT2D eigenvalue weighted by Gasteiger charge is -2.10. The van der Waals surface area contributed by atoms with E-state index in [-0.39, 0.29) is 0 Å². The van der Waals surface area contributed by atoms with Crippen molar-refractivity contribution in [2.24, 2.45) is 0 Å². The summed E-state index contributed by atoms with van der Waals surface area (Å²) in [6.45, 7) is 0. The zero-order valence-corrected chi connectivity index (χ0v) is 24.2. The summed E-state index contributed by atoms with van der Waals surface area (Å²) in [5.74, 6) is 0.733. The molecular weight excluding hydrogens is 557 g/mol. The number of aromatic nitrogens is 4. The number of benzene rings is 6. The molecular formula is C39H22N4S. The van der Waals surface area contributed by atoms with Crippen molar-refractivity contribution in [2.45, 2.75) is 0 Å². The molecule has 0 spiro atoms. The van der Waals surface area contributed by atoms with Crippen LogP contribution in [0.25, 0.3) is 92.4 Å². The third-order valence-electron chi connectivity index (χ3n) is 8.75. The Hall–Kier alpha value is -5.65. The maximum Gasteiger partial charge on any atom is 0.160 e. The summed E-state index contributed by atoms with van der Waals surface area (Å²) in [5.41, 5.74) is 9.81. The van der Waals surface area contributed by atoms with Gasteiger partial charge in [-0.3, -0.25) is 0 Å². The first-order chi connectivity index (χ1) is 21.8. The molecule has 204 valence electrons. The lowest BCUT2D eigenvalue weighted by Crippen LogP contribution is -1.95. The van der Waals surface area contributed by atoms with Gasteiger partial charge in [-0.25, -0.2) is 15.0 Å². The molecule has 10 rings (SSSR count). The molecule has 4 aromatic heterocycles. The van der Waals surface area contributed by atoms with Crippen molar-refractivity contribution in [3.63, 3.8) is 0 Å². The van der Waals surface area contributed by atoms with Crippen LogP contribution in [-0.4, -0.2) is 19.4 Å². The fourth-order valence-electron chi connectivity index (χ4n) is 6.81. The van der Waals surface area contributed by atoms with Crippen molar-refractivity contribution in [1.29, 1.82) is 0 Å². The first-order valence-corrected chi connectivity index (χ1v) is 15.5. The number of thiazole rings is 1. The van der Waals surface area contributed by atoms with Gasteiger partial charge in [0.25, 0.3) is 0 Å². The Morgan fingerprint density at radius 3 is 2.02 bits per heavy atom. The van der Waals surface area contributed by atoms with Crippen LogP contribution in [0.1, 0.15) is 0 Å². The lowest BCUT2D eigenvalue weighted by molar-refractivity contribution is 1.23. The second kappa shape index (κ2) is 8.93. The molecule has 5 heteroatoms. The quantitative estimate of drug-likeness (QED) is 0.209. The molecule has 0 aliphatic heterocycles. The standard InChI is InChI=1S/C39H22N4S/c1-3-11-23(12-4-1)38-40-30-17-9-7-16-27(30)35(42-38)25-19-20-33-29(21-25)34-36-28(26-15-8-10-18-32(26)43(33)36)22-31-37(34)44-39(41-31)24-13-5-2-6-14-24/h1-22H. The smallest absolute Gasteiger partial charge is 0.160 e. The second-order valence-corrected chi connectivity index (χ2v) is 12.2. The van der Waals surface area contributed by atoms with Gasteiger partial charge in [0.15, 0.2) is 5.82 Å². The molecule has 4 heterocycles. The van der Waals surface area contributed by atoms with E-state index < -0.39 is 0 Å². The van der Waals surface area contributed by atoms with Gasteiger partial charge in [-0.2, -0.15) is 0 Å². The Morgan fingerprint density at radius 1 is 0.477 bits per heavy atom. The molecule has 0 aliphatic rings. The number of hydrogen-bond acceptors (Lipinski definition) is 4. The van der Waals surface area contributed by atoms with E-state index in [9.17, 15) is 0 Å². The van der Waals surface area contributed by atoms with Gasteiger partial charge in [0.05, 0.1) is 38.0 Å². The Balaban J connectivity index is 1.32. The number of nitrogens with zero attached hydrogens (tertiary/aromatic N) is 4. The fourth-order valence-corrected chi connectivity index (χ4v) is 7.92. The van der Waals surface area contributed by atoms with Gasteiger partial charge < -0.3 is 4.40 Å². The molecule has 0 unspecified atom stereocenters. The second-order valence-electron chi connectivity index (χ2n) is 11.2. The fraction of sp³-hybridized carbons (Fsp3) is 0. The van der Waals surface area contributed by atoms with Gasteiger partial charge in [-0.1, -0.05) is 103 Å². The molecule has 44 heavy (non-hydrogen) atoms. The minimum absolute atomic E-state index is 0.733. The summed E-state index contributed by atoms with van der Waals surface area (Å²) < 4.78 is 3.65. The maximum atomic E-state index is 5.18. The molecule has 0 atom stereocenters. The third-order valence-corrected chi connectivity index (χ3v) is 9.89. The normalized spacial score (nSPS) is 12.1. The van der Waals surface area contributed by atoms with Gasteiger partial charge >= 0.3 is 0 Å². The zero-order chi connectivity index (χ0) is 28.8. The number of rotatable bonds is 3. The first kappa shape index (κ1) is 23.9. The number of fused-ring (bicyclic) bond motifs is 9. The molecule has 6 aromatic carbocycles. The van der Waals surface area contributed by atoms with E-state index in [0.29, 0.717) is 0 Å². The third kappa shape index (κ3) is 3.30. The molecule has 0 saturated carbocycles. The Morgan fingerprint density at radius 2 is 1.18 bits per heavy atom. The topological polar surface area (TPSA) is 43.1 Å². The highest BCUT2D eigenvalue weighted by molar-refractivity contribution is 7.22. The van der Waals surface area contributed by atoms with Gasteiger partial charge in [0.2, 0.25) is 0 Å². The van der Waals surface area contributed by atoms with E-state index in [1.807, 2.05) is 24.3 Å². The summed E-state index contributed by atoms with van der Waals surface area (Å²) in [7, 11) is 0. The molecule has 0 aliphatic carbocycles. The Bertz CT molecular complexity index is 2710. The molecule has 0 N–H and O–H groups in total. The van der Waals surface area contributed by atoms with E-state index in [1.165, 1.54) is 42.8 Å². The monoisotopic (exact) mass is 578 g/mol. The SMILES string of the molecule is c1ccc(-c2nc(-c3ccc4c(c3)c3c5sc(-c6ccccc6)nc5cc5c6ccccc6n4c53)c3ccccc3n2)cc1. The van der Waals surface area contributed by atoms with Crippen LogP contribution < -0.4 is 0 Å². The molecule has 0 amide bonds. The van der Waals surface area contributed by atoms with Crippen LogP contribution in [0.5, 0.6) is 0 Å². The minimum Gasteiger partial charge on any atom is -0.308 e. The van der Waals surface area contributed by atoms with Gasteiger partial charge in [0.1, 0.15) is 5.01 Å². The summed E-state index contributed by atoms with van der Waals surface area (Å²) in [5, 5.41) is 7.05. The lowest BCUT2D eigenvalue weighted by atomic mass is 10.0. The van der Waals surface area contributed by atoms with Gasteiger partial charge in [-0.15, -0.1) is 11.3 Å². The highest BCUT2D eigenvalue weighted by atomic mass is 32.1. The highest BCUT2D eigenvalue weighted by Gasteiger charge is 2.23. The molecule has 10 aromatic rings. The van der Waals surface area contributed by atoms with Crippen LogP contribution in [0, 0.1) is 0 Å². The Labute approximate surface area is 255 Å². The predicted octanol–water partition coefficient (Wildman–Crippen LogP) is 10.4. The van der Waals surface area contributed by atoms with Crippen molar-refractivity contribution in [3.05, 3.63) is 133 Å². The average Bonchev–Trinajstić information content (AvgIpc) is 3.77. The van der Waals surface area contributed by atoms with Crippen molar-refractivity contribution < 1.29 is 0 Å². The summed E-state index contributed by atoms with van der Waals surface area (Å²) in [6.07, 6.45) is 0. The maximum absolute atomic E-state index is 5.18. The van der Waals surface area contributed by atoms with Crippen LogP contribution in [0.3, 0.4) is 0 Å². The van der Waals surface area contributed by atoms with Crippen molar-refractivity contribution in [1.82, 2.24) is 19.4 Å². The molecule has 0 fully saturated rings. The van der Waals surface area contributed by atoms with Crippen LogP contribution >= 0.6 is 11.3 Å². The Kier molecular flexibility index (Phi) is 4.84. The minimum atomic E-state index is 0.733. The number of hydrogen-bond donors (Lipinski definition) is 0. The van der Waals surface area contributed by atoms with Gasteiger partial charge in [-0.05, 0) is 30.3 Å². The van der Waals surface area contributed by atoms with E-state index in [4.69, 9.17) is 15.0 Å². The van der Waals surface area contributed by atoms with Crippen molar-refractivity contribution >= 4 is 70.6 Å². The van der Waals surface area contributed by atoms with Crippen molar-refractivity contribution in [3.8, 4) is 33.2 Å². The van der Waals surface area contributed by atoms with E-state index in [2.05, 4.69) is 114 Å². The molecule has 0 saturated heterocycles. The van der Waals surface area contributed by atoms with Crippen LogP contribution in [0.15, 0.2) is 133 Å². The summed E-state index contributed by atoms with van der Waals surface area (Å²) in [6, 6.07) is 46.8. The van der Waals surface area contributed by atoms with Gasteiger partial charge in [0, 0.05) is 43.6 Å². The van der Waals surface area contributed by atoms with Crippen molar-refractivity contribution in [2.75, 3.05) is 0 Å². The van der Waals surface area contributed by atoms with E-state index >= 15 is 0 Å². The summed E-state index contributed by atoms with van der Waals surface area (Å²) in [4.78, 5) is 15.3. The summed E-state index contributed by atoms with van der Waals surface area (Å²) >= 11 is 1.78. The van der Waals surface area contributed by atoms with Crippen LogP contribution in [0.4, 0.5) is 0 Å². The largest absolute Gasteiger partial charge is 0.308 e. The molecule has 4 nitrogen and oxygen atoms in total. The molecule has 0 bridgehead atoms. The average molecular weight is 579 g/mol. The van der Waals surface area contributed by atoms with Crippen LogP contribution in [-0.2, 0) is 0 Å².